The van der Waals surface area contributed by atoms with E-state index < -0.39 is 0 Å². The fraction of sp³-hybridized carbons (Fsp3) is 0.107. The zero-order chi connectivity index (χ0) is 21.9. The Bertz CT molecular complexity index is 650. The van der Waals surface area contributed by atoms with Crippen LogP contribution in [0.15, 0.2) is 0 Å². The summed E-state index contributed by atoms with van der Waals surface area (Å²) in [6, 6.07) is 0. The summed E-state index contributed by atoms with van der Waals surface area (Å²) in [5.74, 6) is 2.22. The normalized spacial score (nSPS) is 20.2. The number of aryl methyl sites for hydroxylation is 1. The molecule has 0 bridgehead atoms. The van der Waals surface area contributed by atoms with Crippen molar-refractivity contribution >= 4 is 5.78 Å². The minimum atomic E-state index is 0. The number of hydrogen-bond acceptors (Lipinski definition) is 3. The number of ketones is 1. The molecule has 0 N–H and O–H groups in total. The Labute approximate surface area is 224 Å². The van der Waals surface area contributed by atoms with Crippen molar-refractivity contribution in [3.8, 4) is 0 Å². The van der Waals surface area contributed by atoms with Gasteiger partial charge in [-0.25, -0.2) is 0 Å². The van der Waals surface area contributed by atoms with E-state index in [0.29, 0.717) is 17.7 Å². The van der Waals surface area contributed by atoms with Crippen molar-refractivity contribution in [2.24, 2.45) is 0 Å². The summed E-state index contributed by atoms with van der Waals surface area (Å²) in [4.78, 5) is 12.1. The molecule has 0 aliphatic heterocycles. The van der Waals surface area contributed by atoms with Gasteiger partial charge in [-0.1, -0.05) is 0 Å². The van der Waals surface area contributed by atoms with Crippen LogP contribution in [-0.2, 0) is 40.6 Å². The van der Waals surface area contributed by atoms with Crippen molar-refractivity contribution in [2.45, 2.75) is 20.3 Å². The van der Waals surface area contributed by atoms with Crippen molar-refractivity contribution in [2.75, 3.05) is 0 Å². The summed E-state index contributed by atoms with van der Waals surface area (Å²) >= 11 is 0. The molecule has 0 aromatic carbocycles. The molecule has 1 aromatic rings. The van der Waals surface area contributed by atoms with E-state index in [2.05, 4.69) is 23.0 Å². The second kappa shape index (κ2) is 17.3. The molecule has 1 heterocycles. The van der Waals surface area contributed by atoms with Crippen molar-refractivity contribution < 1.29 is 38.9 Å². The second-order valence-electron chi connectivity index (χ2n) is 7.11. The molecule has 5 rings (SSSR count). The third-order valence-corrected chi connectivity index (χ3v) is 4.76. The summed E-state index contributed by atoms with van der Waals surface area (Å²) in [6.07, 6.45) is 36.8. The predicted molar refractivity (Wildman–Crippen MR) is 123 cm³/mol. The molecule has 0 spiro atoms. The van der Waals surface area contributed by atoms with Gasteiger partial charge in [0, 0.05) is 11.5 Å². The van der Waals surface area contributed by atoms with Crippen LogP contribution in [0.3, 0.4) is 0 Å². The molecule has 20 radical (unpaired) electrons. The van der Waals surface area contributed by atoms with E-state index in [1.165, 1.54) is 5.92 Å². The molecular weight excluding hydrogens is 492 g/mol. The standard InChI is InChI=1S/C18H16N2O.2C5H5.2Fe/c1-12-17(13(2)21)16(11-14-7-3-4-8-14)18(20-19-12)15-9-5-6-10-15;2*1-2-4-5-3-1;;/h3-10H,11H2,1-2H3;2*1-5H;;/q;;;2*+2. The van der Waals surface area contributed by atoms with Crippen LogP contribution < -0.4 is 0 Å². The van der Waals surface area contributed by atoms with E-state index in [4.69, 9.17) is 0 Å². The fourth-order valence-electron chi connectivity index (χ4n) is 3.35. The summed E-state index contributed by atoms with van der Waals surface area (Å²) in [5.41, 5.74) is 3.16. The molecule has 5 heteroatoms. The number of carbonyl (C=O) groups is 1. The van der Waals surface area contributed by atoms with Gasteiger partial charge in [0.15, 0.2) is 5.78 Å². The Hall–Kier alpha value is -0.211. The quantitative estimate of drug-likeness (QED) is 0.428. The first kappa shape index (κ1) is 30.8. The van der Waals surface area contributed by atoms with Crippen LogP contribution >= 0.6 is 0 Å². The molecule has 3 nitrogen and oxygen atoms in total. The number of rotatable bonds is 4. The predicted octanol–water partition coefficient (Wildman–Crippen LogP) is 4.73. The zero-order valence-electron chi connectivity index (χ0n) is 18.6. The van der Waals surface area contributed by atoms with E-state index >= 15 is 0 Å². The third kappa shape index (κ3) is 10.1. The number of hydrogen-bond donors (Lipinski definition) is 0. The Balaban J connectivity index is 0.000000375. The van der Waals surface area contributed by atoms with Gasteiger partial charge in [-0.3, -0.25) is 4.79 Å². The van der Waals surface area contributed by atoms with Crippen LogP contribution in [0.25, 0.3) is 0 Å². The van der Waals surface area contributed by atoms with Crippen molar-refractivity contribution in [3.63, 3.8) is 0 Å². The molecule has 4 fully saturated rings. The van der Waals surface area contributed by atoms with Gasteiger partial charge in [-0.2, -0.15) is 10.2 Å². The number of aromatic nitrogens is 2. The van der Waals surface area contributed by atoms with Crippen LogP contribution in [0.4, 0.5) is 0 Å². The van der Waals surface area contributed by atoms with E-state index in [9.17, 15) is 4.79 Å². The maximum atomic E-state index is 12.1. The molecule has 4 aliphatic rings. The van der Waals surface area contributed by atoms with Gasteiger partial charge in [0.2, 0.25) is 0 Å². The second-order valence-corrected chi connectivity index (χ2v) is 7.11. The van der Waals surface area contributed by atoms with Gasteiger partial charge in [-0.05, 0) is 147 Å². The fourth-order valence-corrected chi connectivity index (χ4v) is 3.35. The minimum Gasteiger partial charge on any atom is -0.294 e. The van der Waals surface area contributed by atoms with Crippen molar-refractivity contribution in [1.82, 2.24) is 10.2 Å². The van der Waals surface area contributed by atoms with Crippen LogP contribution in [0.2, 0.25) is 0 Å². The smallest absolute Gasteiger partial charge is 0.294 e. The zero-order valence-corrected chi connectivity index (χ0v) is 20.8. The maximum Gasteiger partial charge on any atom is 2.00 e. The Morgan fingerprint density at radius 1 is 0.667 bits per heavy atom. The van der Waals surface area contributed by atoms with Gasteiger partial charge in [0.05, 0.1) is 11.4 Å². The average molecular weight is 518 g/mol. The van der Waals surface area contributed by atoms with Crippen molar-refractivity contribution in [3.05, 3.63) is 150 Å². The third-order valence-electron chi connectivity index (χ3n) is 4.76. The van der Waals surface area contributed by atoms with Crippen LogP contribution in [-0.4, -0.2) is 16.0 Å². The maximum absolute atomic E-state index is 12.1. The Morgan fingerprint density at radius 2 is 1.09 bits per heavy atom. The molecule has 0 amide bonds. The van der Waals surface area contributed by atoms with E-state index in [1.54, 1.807) is 6.92 Å². The van der Waals surface area contributed by atoms with E-state index in [-0.39, 0.29) is 39.9 Å². The number of nitrogens with zero attached hydrogens (tertiary/aromatic N) is 2. The molecule has 1 aromatic heterocycles. The van der Waals surface area contributed by atoms with Gasteiger partial charge in [-0.15, -0.1) is 0 Å². The first-order valence-corrected chi connectivity index (χ1v) is 10.3. The van der Waals surface area contributed by atoms with Gasteiger partial charge in [0.25, 0.3) is 0 Å². The molecule has 0 atom stereocenters. The SMILES string of the molecule is CC(=O)c1c(C)nnc([C]2[CH][CH][CH][CH]2)c1C[C]1[CH][CH][CH][CH]1.[CH]1[CH][CH][CH][CH]1.[CH]1[CH][CH][CH][CH]1.[Fe+2].[Fe+2]. The van der Waals surface area contributed by atoms with Crippen LogP contribution in [0, 0.1) is 134 Å². The Kier molecular flexibility index (Phi) is 16.1. The average Bonchev–Trinajstić information content (AvgIpc) is 3.59. The van der Waals surface area contributed by atoms with Gasteiger partial charge in [0.1, 0.15) is 0 Å². The summed E-state index contributed by atoms with van der Waals surface area (Å²) < 4.78 is 0. The molecule has 0 unspecified atom stereocenters. The molecule has 33 heavy (non-hydrogen) atoms. The summed E-state index contributed by atoms with van der Waals surface area (Å²) in [6.45, 7) is 3.43. The number of carbonyl (C=O) groups excluding carboxylic acids is 1. The van der Waals surface area contributed by atoms with Gasteiger partial charge >= 0.3 is 34.1 Å². The Morgan fingerprint density at radius 3 is 1.52 bits per heavy atom. The number of Topliss-reactive ketones (excluding diaryl/α,β-unsaturated/α-hetero) is 1. The topological polar surface area (TPSA) is 42.9 Å². The molecule has 4 saturated carbocycles. The first-order valence-electron chi connectivity index (χ1n) is 10.3. The van der Waals surface area contributed by atoms with Crippen LogP contribution in [0.1, 0.15) is 34.2 Å². The molecule has 166 valence electrons. The van der Waals surface area contributed by atoms with Crippen LogP contribution in [0.5, 0.6) is 0 Å². The van der Waals surface area contributed by atoms with Gasteiger partial charge < -0.3 is 0 Å². The van der Waals surface area contributed by atoms with E-state index in [0.717, 1.165) is 17.2 Å². The van der Waals surface area contributed by atoms with E-state index in [1.807, 2.05) is 110 Å². The molecular formula is C28H26Fe2N2O+4. The first-order chi connectivity index (χ1) is 15.2. The monoisotopic (exact) mass is 518 g/mol. The summed E-state index contributed by atoms with van der Waals surface area (Å²) in [5, 5.41) is 8.52. The largest absolute Gasteiger partial charge is 2.00 e. The molecule has 0 saturated heterocycles. The van der Waals surface area contributed by atoms with Crippen molar-refractivity contribution in [1.29, 1.82) is 0 Å². The minimum absolute atomic E-state index is 0. The summed E-state index contributed by atoms with van der Waals surface area (Å²) in [7, 11) is 0. The molecule has 4 aliphatic carbocycles.